The minimum absolute atomic E-state index is 0.114. The van der Waals surface area contributed by atoms with Gasteiger partial charge in [0.1, 0.15) is 6.10 Å². The molecule has 0 heterocycles. The predicted molar refractivity (Wildman–Crippen MR) is 106 cm³/mol. The molecule has 1 unspecified atom stereocenters. The van der Waals surface area contributed by atoms with Gasteiger partial charge in [0, 0.05) is 31.2 Å². The monoisotopic (exact) mass is 428 g/mol. The van der Waals surface area contributed by atoms with Crippen LogP contribution in [0.15, 0.2) is 29.2 Å². The zero-order valence-electron chi connectivity index (χ0n) is 16.8. The van der Waals surface area contributed by atoms with Crippen LogP contribution in [0, 0.1) is 5.41 Å². The molecule has 1 aromatic carbocycles. The topological polar surface area (TPSA) is 150 Å². The largest absolute Gasteiger partial charge is 0.396 e. The second kappa shape index (κ2) is 10.5. The highest BCUT2D eigenvalue weighted by Crippen LogP contribution is 2.19. The standard InChI is InChI=1S/C19H28N2O7S/c1-19(2,12-22)16(24)18(26)21-11-9-15(23)17(25)20-10-8-13-4-6-14(7-5-13)29(3,27)28/h4-7,16,22,24H,8-12H2,1-3H3,(H,20,25)(H,21,26). The van der Waals surface area contributed by atoms with Crippen LogP contribution in [0.5, 0.6) is 0 Å². The number of aliphatic hydroxyl groups is 2. The van der Waals surface area contributed by atoms with E-state index in [9.17, 15) is 27.9 Å². The van der Waals surface area contributed by atoms with Gasteiger partial charge in [0.05, 0.1) is 11.5 Å². The number of hydrogen-bond donors (Lipinski definition) is 4. The fraction of sp³-hybridized carbons (Fsp3) is 0.526. The average molecular weight is 429 g/mol. The molecule has 0 radical (unpaired) electrons. The molecular weight excluding hydrogens is 400 g/mol. The highest BCUT2D eigenvalue weighted by atomic mass is 32.2. The van der Waals surface area contributed by atoms with Crippen LogP contribution in [-0.2, 0) is 30.6 Å². The molecule has 0 aliphatic rings. The highest BCUT2D eigenvalue weighted by molar-refractivity contribution is 7.90. The van der Waals surface area contributed by atoms with E-state index in [4.69, 9.17) is 5.11 Å². The Balaban J connectivity index is 2.36. The van der Waals surface area contributed by atoms with Crippen LogP contribution >= 0.6 is 0 Å². The maximum absolute atomic E-state index is 11.8. The molecule has 0 saturated heterocycles. The third kappa shape index (κ3) is 7.92. The molecule has 29 heavy (non-hydrogen) atoms. The Labute approximate surface area is 170 Å². The number of carbonyl (C=O) groups excluding carboxylic acids is 3. The summed E-state index contributed by atoms with van der Waals surface area (Å²) in [6.45, 7) is 2.73. The van der Waals surface area contributed by atoms with Gasteiger partial charge in [-0.2, -0.15) is 0 Å². The average Bonchev–Trinajstić information content (AvgIpc) is 2.66. The van der Waals surface area contributed by atoms with E-state index in [0.29, 0.717) is 6.42 Å². The maximum Gasteiger partial charge on any atom is 0.287 e. The molecule has 0 fully saturated rings. The summed E-state index contributed by atoms with van der Waals surface area (Å²) in [4.78, 5) is 35.6. The summed E-state index contributed by atoms with van der Waals surface area (Å²) < 4.78 is 22.8. The van der Waals surface area contributed by atoms with Gasteiger partial charge in [-0.3, -0.25) is 14.4 Å². The normalized spacial score (nSPS) is 12.9. The van der Waals surface area contributed by atoms with E-state index >= 15 is 0 Å². The molecule has 162 valence electrons. The molecule has 1 aromatic rings. The molecule has 9 nitrogen and oxygen atoms in total. The van der Waals surface area contributed by atoms with Crippen molar-refractivity contribution in [3.63, 3.8) is 0 Å². The van der Waals surface area contributed by atoms with Crippen LogP contribution in [0.25, 0.3) is 0 Å². The van der Waals surface area contributed by atoms with E-state index in [0.717, 1.165) is 11.8 Å². The minimum Gasteiger partial charge on any atom is -0.396 e. The second-order valence-corrected chi connectivity index (χ2v) is 9.45. The summed E-state index contributed by atoms with van der Waals surface area (Å²) in [5.41, 5.74) is -0.219. The lowest BCUT2D eigenvalue weighted by Gasteiger charge is -2.27. The first-order valence-electron chi connectivity index (χ1n) is 9.05. The Morgan fingerprint density at radius 1 is 1.07 bits per heavy atom. The first-order chi connectivity index (χ1) is 13.4. The third-order valence-corrected chi connectivity index (χ3v) is 5.48. The van der Waals surface area contributed by atoms with Crippen molar-refractivity contribution in [3.8, 4) is 0 Å². The fourth-order valence-electron chi connectivity index (χ4n) is 2.27. The molecule has 4 N–H and O–H groups in total. The van der Waals surface area contributed by atoms with Crippen molar-refractivity contribution in [2.75, 3.05) is 26.0 Å². The second-order valence-electron chi connectivity index (χ2n) is 7.44. The fourth-order valence-corrected chi connectivity index (χ4v) is 2.90. The van der Waals surface area contributed by atoms with Crippen molar-refractivity contribution in [1.29, 1.82) is 0 Å². The predicted octanol–water partition coefficient (Wildman–Crippen LogP) is -0.796. The van der Waals surface area contributed by atoms with Crippen LogP contribution in [0.4, 0.5) is 0 Å². The van der Waals surface area contributed by atoms with E-state index < -0.39 is 39.0 Å². The van der Waals surface area contributed by atoms with Gasteiger partial charge in [0.25, 0.3) is 5.91 Å². The van der Waals surface area contributed by atoms with Crippen LogP contribution in [0.2, 0.25) is 0 Å². The maximum atomic E-state index is 11.8. The van der Waals surface area contributed by atoms with Crippen molar-refractivity contribution < 1.29 is 33.0 Å². The van der Waals surface area contributed by atoms with Crippen molar-refractivity contribution in [2.45, 2.75) is 37.7 Å². The Bertz CT molecular complexity index is 833. The molecule has 0 bridgehead atoms. The Kier molecular flexibility index (Phi) is 8.93. The number of benzene rings is 1. The summed E-state index contributed by atoms with van der Waals surface area (Å²) in [6, 6.07) is 6.23. The SMILES string of the molecule is CC(C)(CO)C(O)C(=O)NCCC(=O)C(=O)NCCc1ccc(S(C)(=O)=O)cc1. The molecule has 0 aromatic heterocycles. The number of amides is 2. The molecule has 2 amide bonds. The van der Waals surface area contributed by atoms with Crippen molar-refractivity contribution in [3.05, 3.63) is 29.8 Å². The van der Waals surface area contributed by atoms with E-state index in [1.807, 2.05) is 0 Å². The zero-order valence-corrected chi connectivity index (χ0v) is 17.6. The third-order valence-electron chi connectivity index (χ3n) is 4.35. The van der Waals surface area contributed by atoms with Crippen LogP contribution < -0.4 is 10.6 Å². The number of aliphatic hydroxyl groups excluding tert-OH is 2. The summed E-state index contributed by atoms with van der Waals surface area (Å²) in [5, 5.41) is 23.8. The zero-order chi connectivity index (χ0) is 22.2. The van der Waals surface area contributed by atoms with Crippen molar-refractivity contribution in [2.24, 2.45) is 5.41 Å². The lowest BCUT2D eigenvalue weighted by molar-refractivity contribution is -0.139. The number of carbonyl (C=O) groups is 3. The number of hydrogen-bond acceptors (Lipinski definition) is 7. The molecule has 0 aliphatic heterocycles. The summed E-state index contributed by atoms with van der Waals surface area (Å²) in [7, 11) is -3.27. The molecular formula is C19H28N2O7S. The quantitative estimate of drug-likeness (QED) is 0.337. The van der Waals surface area contributed by atoms with Crippen LogP contribution in [-0.4, -0.2) is 68.3 Å². The van der Waals surface area contributed by atoms with Crippen LogP contribution in [0.3, 0.4) is 0 Å². The van der Waals surface area contributed by atoms with Gasteiger partial charge < -0.3 is 20.8 Å². The molecule has 0 saturated carbocycles. The molecule has 0 spiro atoms. The van der Waals surface area contributed by atoms with Gasteiger partial charge in [-0.15, -0.1) is 0 Å². The summed E-state index contributed by atoms with van der Waals surface area (Å²) in [5.74, 6) is -2.23. The number of rotatable bonds is 11. The van der Waals surface area contributed by atoms with Gasteiger partial charge in [-0.25, -0.2) is 8.42 Å². The van der Waals surface area contributed by atoms with E-state index in [1.54, 1.807) is 12.1 Å². The van der Waals surface area contributed by atoms with Gasteiger partial charge in [0.2, 0.25) is 11.7 Å². The number of Topliss-reactive ketones (excluding diaryl/α,β-unsaturated/α-hetero) is 1. The van der Waals surface area contributed by atoms with E-state index in [-0.39, 0.29) is 31.0 Å². The Morgan fingerprint density at radius 2 is 1.66 bits per heavy atom. The molecule has 10 heteroatoms. The number of sulfone groups is 1. The Morgan fingerprint density at radius 3 is 2.17 bits per heavy atom. The van der Waals surface area contributed by atoms with Crippen LogP contribution in [0.1, 0.15) is 25.8 Å². The number of nitrogens with one attached hydrogen (secondary N) is 2. The van der Waals surface area contributed by atoms with Crippen molar-refractivity contribution >= 4 is 27.4 Å². The molecule has 0 aliphatic carbocycles. The minimum atomic E-state index is -3.27. The highest BCUT2D eigenvalue weighted by Gasteiger charge is 2.32. The lowest BCUT2D eigenvalue weighted by atomic mass is 9.87. The molecule has 1 atom stereocenters. The molecule has 1 rings (SSSR count). The summed E-state index contributed by atoms with van der Waals surface area (Å²) >= 11 is 0. The Hall–Kier alpha value is -2.30. The smallest absolute Gasteiger partial charge is 0.287 e. The first kappa shape index (κ1) is 24.7. The van der Waals surface area contributed by atoms with E-state index in [1.165, 1.54) is 26.0 Å². The van der Waals surface area contributed by atoms with E-state index in [2.05, 4.69) is 10.6 Å². The van der Waals surface area contributed by atoms with Crippen molar-refractivity contribution in [1.82, 2.24) is 10.6 Å². The first-order valence-corrected chi connectivity index (χ1v) is 10.9. The summed E-state index contributed by atoms with van der Waals surface area (Å²) in [6.07, 6.45) is -0.134. The number of ketones is 1. The van der Waals surface area contributed by atoms with Gasteiger partial charge in [-0.05, 0) is 24.1 Å². The van der Waals surface area contributed by atoms with Gasteiger partial charge in [0.15, 0.2) is 9.84 Å². The lowest BCUT2D eigenvalue weighted by Crippen LogP contribution is -2.46. The van der Waals surface area contributed by atoms with Gasteiger partial charge in [-0.1, -0.05) is 26.0 Å². The van der Waals surface area contributed by atoms with Gasteiger partial charge >= 0.3 is 0 Å².